The normalized spacial score (nSPS) is 28.2. The van der Waals surface area contributed by atoms with Crippen molar-refractivity contribution >= 4 is 5.97 Å². The van der Waals surface area contributed by atoms with Gasteiger partial charge in [-0.2, -0.15) is 10.1 Å². The minimum Gasteiger partial charge on any atom is -0.462 e. The second kappa shape index (κ2) is 8.64. The molecule has 2 fully saturated rings. The van der Waals surface area contributed by atoms with E-state index in [4.69, 9.17) is 9.47 Å². The maximum atomic E-state index is 12.4. The minimum atomic E-state index is -1.06. The van der Waals surface area contributed by atoms with Gasteiger partial charge in [0.05, 0.1) is 12.5 Å². The maximum Gasteiger partial charge on any atom is 0.306 e. The maximum absolute atomic E-state index is 12.4. The van der Waals surface area contributed by atoms with E-state index in [-0.39, 0.29) is 31.0 Å². The quantitative estimate of drug-likeness (QED) is 0.435. The SMILES string of the molecule is CC1(C)CC(OC(=O)CCC(O)OC2CC(C)(C)N(O)C(C)(C)C2)CC(C)(C)N1O. The lowest BCUT2D eigenvalue weighted by atomic mass is 9.80. The molecule has 0 saturated carbocycles. The van der Waals surface area contributed by atoms with E-state index in [9.17, 15) is 20.3 Å². The number of nitrogens with zero attached hydrogens (tertiary/aromatic N) is 2. The Kier molecular flexibility index (Phi) is 7.34. The van der Waals surface area contributed by atoms with Crippen molar-refractivity contribution in [3.63, 3.8) is 0 Å². The lowest BCUT2D eigenvalue weighted by Gasteiger charge is -2.51. The van der Waals surface area contributed by atoms with E-state index in [1.165, 1.54) is 10.1 Å². The average molecular weight is 431 g/mol. The number of hydrogen-bond donors (Lipinski definition) is 3. The highest BCUT2D eigenvalue weighted by atomic mass is 16.6. The molecular formula is C22H42N2O6. The van der Waals surface area contributed by atoms with Crippen LogP contribution in [0.5, 0.6) is 0 Å². The number of aliphatic hydroxyl groups is 1. The predicted molar refractivity (Wildman–Crippen MR) is 112 cm³/mol. The van der Waals surface area contributed by atoms with Crippen molar-refractivity contribution in [1.82, 2.24) is 10.1 Å². The van der Waals surface area contributed by atoms with E-state index in [2.05, 4.69) is 0 Å². The summed E-state index contributed by atoms with van der Waals surface area (Å²) in [5, 5.41) is 33.8. The van der Waals surface area contributed by atoms with Crippen LogP contribution in [0.2, 0.25) is 0 Å². The number of hydrogen-bond acceptors (Lipinski definition) is 8. The van der Waals surface area contributed by atoms with Gasteiger partial charge in [-0.15, -0.1) is 0 Å². The molecule has 0 radical (unpaired) electrons. The Morgan fingerprint density at radius 3 is 1.60 bits per heavy atom. The Labute approximate surface area is 181 Å². The molecule has 1 atom stereocenters. The van der Waals surface area contributed by atoms with Crippen LogP contribution in [0.25, 0.3) is 0 Å². The monoisotopic (exact) mass is 430 g/mol. The van der Waals surface area contributed by atoms with Crippen molar-refractivity contribution in [2.45, 2.75) is 135 Å². The zero-order valence-electron chi connectivity index (χ0n) is 19.9. The van der Waals surface area contributed by atoms with E-state index >= 15 is 0 Å². The van der Waals surface area contributed by atoms with E-state index in [0.717, 1.165) is 0 Å². The molecule has 0 bridgehead atoms. The second-order valence-corrected chi connectivity index (χ2v) is 11.6. The molecule has 1 unspecified atom stereocenters. The Morgan fingerprint density at radius 1 is 0.833 bits per heavy atom. The molecule has 0 aliphatic carbocycles. The number of carbonyl (C=O) groups excluding carboxylic acids is 1. The van der Waals surface area contributed by atoms with E-state index in [1.807, 2.05) is 55.4 Å². The van der Waals surface area contributed by atoms with Crippen molar-refractivity contribution in [2.24, 2.45) is 0 Å². The number of carbonyl (C=O) groups is 1. The third-order valence-corrected chi connectivity index (χ3v) is 6.45. The summed E-state index contributed by atoms with van der Waals surface area (Å²) < 4.78 is 11.5. The summed E-state index contributed by atoms with van der Waals surface area (Å²) in [5.41, 5.74) is -1.91. The highest BCUT2D eigenvalue weighted by Crippen LogP contribution is 2.39. The Balaban J connectivity index is 1.82. The van der Waals surface area contributed by atoms with Crippen LogP contribution in [0.3, 0.4) is 0 Å². The van der Waals surface area contributed by atoms with Gasteiger partial charge in [0.25, 0.3) is 0 Å². The first-order valence-corrected chi connectivity index (χ1v) is 11.0. The molecule has 8 heteroatoms. The van der Waals surface area contributed by atoms with Crippen LogP contribution >= 0.6 is 0 Å². The molecule has 2 saturated heterocycles. The second-order valence-electron chi connectivity index (χ2n) is 11.6. The van der Waals surface area contributed by atoms with Gasteiger partial charge in [-0.05, 0) is 68.2 Å². The van der Waals surface area contributed by atoms with Crippen molar-refractivity contribution in [2.75, 3.05) is 0 Å². The zero-order valence-corrected chi connectivity index (χ0v) is 19.9. The highest BCUT2D eigenvalue weighted by Gasteiger charge is 2.47. The van der Waals surface area contributed by atoms with Gasteiger partial charge in [-0.3, -0.25) is 4.79 Å². The van der Waals surface area contributed by atoms with E-state index < -0.39 is 28.4 Å². The summed E-state index contributed by atoms with van der Waals surface area (Å²) in [6.45, 7) is 15.5. The summed E-state index contributed by atoms with van der Waals surface area (Å²) in [7, 11) is 0. The third kappa shape index (κ3) is 5.93. The number of esters is 1. The van der Waals surface area contributed by atoms with Crippen LogP contribution in [0.15, 0.2) is 0 Å². The van der Waals surface area contributed by atoms with Gasteiger partial charge in [-0.25, -0.2) is 0 Å². The number of hydroxylamine groups is 4. The molecule has 8 nitrogen and oxygen atoms in total. The molecular weight excluding hydrogens is 388 g/mol. The van der Waals surface area contributed by atoms with Gasteiger partial charge in [0.2, 0.25) is 0 Å². The molecule has 3 N–H and O–H groups in total. The van der Waals surface area contributed by atoms with Gasteiger partial charge in [0.1, 0.15) is 6.10 Å². The first kappa shape index (κ1) is 25.5. The summed E-state index contributed by atoms with van der Waals surface area (Å²) in [6, 6.07) is 0. The van der Waals surface area contributed by atoms with Crippen LogP contribution < -0.4 is 0 Å². The molecule has 2 aliphatic rings. The van der Waals surface area contributed by atoms with Crippen LogP contribution in [-0.4, -0.2) is 72.3 Å². The summed E-state index contributed by atoms with van der Waals surface area (Å²) in [5.74, 6) is -0.369. The number of piperidine rings is 2. The molecule has 2 aliphatic heterocycles. The van der Waals surface area contributed by atoms with Gasteiger partial charge in [0.15, 0.2) is 6.29 Å². The van der Waals surface area contributed by atoms with Crippen molar-refractivity contribution in [3.05, 3.63) is 0 Å². The van der Waals surface area contributed by atoms with Gasteiger partial charge < -0.3 is 25.0 Å². The fraction of sp³-hybridized carbons (Fsp3) is 0.955. The Hall–Kier alpha value is -0.770. The molecule has 0 aromatic rings. The largest absolute Gasteiger partial charge is 0.462 e. The first-order valence-electron chi connectivity index (χ1n) is 11.0. The van der Waals surface area contributed by atoms with Gasteiger partial charge in [-0.1, -0.05) is 0 Å². The third-order valence-electron chi connectivity index (χ3n) is 6.45. The van der Waals surface area contributed by atoms with Crippen LogP contribution in [0, 0.1) is 0 Å². The van der Waals surface area contributed by atoms with E-state index in [0.29, 0.717) is 25.7 Å². The van der Waals surface area contributed by atoms with Crippen molar-refractivity contribution in [3.8, 4) is 0 Å². The molecule has 0 spiro atoms. The van der Waals surface area contributed by atoms with Crippen LogP contribution in [0.4, 0.5) is 0 Å². The topological polar surface area (TPSA) is 103 Å². The van der Waals surface area contributed by atoms with Crippen LogP contribution in [-0.2, 0) is 14.3 Å². The number of rotatable bonds is 6. The zero-order chi connectivity index (χ0) is 23.1. The average Bonchev–Trinajstić information content (AvgIpc) is 2.54. The Bertz CT molecular complexity index is 583. The lowest BCUT2D eigenvalue weighted by molar-refractivity contribution is -0.274. The summed E-state index contributed by atoms with van der Waals surface area (Å²) >= 11 is 0. The number of ether oxygens (including phenoxy) is 2. The van der Waals surface area contributed by atoms with Crippen molar-refractivity contribution < 1.29 is 29.8 Å². The standard InChI is InChI=1S/C22H42N2O6/c1-19(2)11-15(12-20(3,4)23(19)27)29-17(25)9-10-18(26)30-16-13-21(5,6)24(28)22(7,8)14-16/h15-17,25,27-28H,9-14H2,1-8H3. The van der Waals surface area contributed by atoms with E-state index in [1.54, 1.807) is 0 Å². The molecule has 0 amide bonds. The molecule has 2 rings (SSSR count). The van der Waals surface area contributed by atoms with Crippen molar-refractivity contribution in [1.29, 1.82) is 0 Å². The number of aliphatic hydroxyl groups excluding tert-OH is 1. The molecule has 176 valence electrons. The summed E-state index contributed by atoms with van der Waals surface area (Å²) in [4.78, 5) is 12.4. The Morgan fingerprint density at radius 2 is 1.20 bits per heavy atom. The molecule has 2 heterocycles. The molecule has 0 aromatic heterocycles. The fourth-order valence-corrected chi connectivity index (χ4v) is 5.31. The minimum absolute atomic E-state index is 0.0625. The van der Waals surface area contributed by atoms with Crippen LogP contribution in [0.1, 0.15) is 93.9 Å². The fourth-order valence-electron chi connectivity index (χ4n) is 5.31. The molecule has 30 heavy (non-hydrogen) atoms. The highest BCUT2D eigenvalue weighted by molar-refractivity contribution is 5.69. The van der Waals surface area contributed by atoms with Gasteiger partial charge in [0, 0.05) is 41.4 Å². The lowest BCUT2D eigenvalue weighted by Crippen LogP contribution is -2.60. The van der Waals surface area contributed by atoms with Gasteiger partial charge >= 0.3 is 5.97 Å². The predicted octanol–water partition coefficient (Wildman–Crippen LogP) is 3.47. The smallest absolute Gasteiger partial charge is 0.306 e. The first-order chi connectivity index (χ1) is 13.5. The molecule has 0 aromatic carbocycles. The summed E-state index contributed by atoms with van der Waals surface area (Å²) in [6.07, 6.45) is 0.920.